The summed E-state index contributed by atoms with van der Waals surface area (Å²) in [7, 11) is 2.75. The molecule has 0 spiro atoms. The van der Waals surface area contributed by atoms with Crippen LogP contribution in [0.2, 0.25) is 0 Å². The molecule has 302 valence electrons. The van der Waals surface area contributed by atoms with E-state index in [9.17, 15) is 34.4 Å². The molecule has 0 aromatic heterocycles. The number of aliphatic hydroxyl groups is 3. The zero-order valence-electron chi connectivity index (χ0n) is 33.8. The summed E-state index contributed by atoms with van der Waals surface area (Å²) in [5.41, 5.74) is -3.02. The van der Waals surface area contributed by atoms with Crippen LogP contribution in [0.3, 0.4) is 0 Å². The molecule has 11 atom stereocenters. The first-order chi connectivity index (χ1) is 25.9. The SMILES string of the molecule is CC1=C2[C@@H](O)C(=O)[C@@]3(C)C([C@H](C)[C@](O)(C[C@@H]1OC(=O)[C@H](OC(=O)CCCN1CCN(C)CC1)[C@@H](NCB=O)c1ccccc1)C2(C)C)[C@]1(C)CC[C@@H]1C[C@@H]3O. The fourth-order valence-electron chi connectivity index (χ4n) is 11.6. The van der Waals surface area contributed by atoms with Crippen LogP contribution in [0, 0.1) is 34.0 Å². The molecule has 1 saturated heterocycles. The maximum absolute atomic E-state index is 14.6. The number of nitrogens with one attached hydrogen (secondary N) is 1. The summed E-state index contributed by atoms with van der Waals surface area (Å²) in [5.74, 6) is -2.76. The van der Waals surface area contributed by atoms with Crippen molar-refractivity contribution in [3.63, 3.8) is 0 Å². The number of hydrogen-bond donors (Lipinski definition) is 4. The van der Waals surface area contributed by atoms with Crippen LogP contribution < -0.4 is 5.32 Å². The van der Waals surface area contributed by atoms with Crippen molar-refractivity contribution in [2.45, 2.75) is 116 Å². The topological polar surface area (TPSA) is 166 Å². The van der Waals surface area contributed by atoms with E-state index < -0.39 is 76.4 Å². The molecule has 1 aromatic carbocycles. The van der Waals surface area contributed by atoms with E-state index in [2.05, 4.69) is 29.1 Å². The van der Waals surface area contributed by atoms with Gasteiger partial charge in [0.2, 0.25) is 0 Å². The molecule has 4 aliphatic carbocycles. The van der Waals surface area contributed by atoms with Crippen molar-refractivity contribution in [2.24, 2.45) is 34.0 Å². The Morgan fingerprint density at radius 2 is 1.75 bits per heavy atom. The van der Waals surface area contributed by atoms with Crippen LogP contribution in [0.4, 0.5) is 0 Å². The standard InChI is InChI=1S/C42H62BN3O9/c1-25-29(23-42(52)26(2)36-40(5)16-15-28(40)22-30(47)41(36,6)37(50)34(49)32(25)39(42,3)4)54-38(51)35(33(44-24-43-53)27-12-9-8-10-13-27)55-31(48)14-11-17-46-20-18-45(7)19-21-46/h8-10,12-13,26,28-30,33-36,44,47,49,52H,11,14-24H2,1-7H3/t26-,28+,29-,30-,33-,34+,35+,36?,40+,41+,42+/m0/s1. The van der Waals surface area contributed by atoms with E-state index in [1.807, 2.05) is 26.8 Å². The van der Waals surface area contributed by atoms with Crippen LogP contribution in [0.15, 0.2) is 41.5 Å². The van der Waals surface area contributed by atoms with E-state index in [4.69, 9.17) is 9.47 Å². The number of piperazine rings is 1. The monoisotopic (exact) mass is 763 g/mol. The van der Waals surface area contributed by atoms with Crippen LogP contribution in [-0.2, 0) is 28.6 Å². The van der Waals surface area contributed by atoms with E-state index in [1.54, 1.807) is 38.1 Å². The second kappa shape index (κ2) is 15.9. The average molecular weight is 764 g/mol. The number of rotatable bonds is 12. The summed E-state index contributed by atoms with van der Waals surface area (Å²) in [6.07, 6.45) is -2.53. The van der Waals surface area contributed by atoms with E-state index in [0.717, 1.165) is 39.0 Å². The fourth-order valence-corrected chi connectivity index (χ4v) is 11.6. The number of hydrogen-bond acceptors (Lipinski definition) is 12. The van der Waals surface area contributed by atoms with Crippen molar-refractivity contribution in [1.29, 1.82) is 0 Å². The van der Waals surface area contributed by atoms with Gasteiger partial charge in [0.15, 0.2) is 0 Å². The molecule has 4 N–H and O–H groups in total. The minimum atomic E-state index is -1.65. The molecule has 1 heterocycles. The van der Waals surface area contributed by atoms with Crippen molar-refractivity contribution in [2.75, 3.05) is 46.2 Å². The van der Waals surface area contributed by atoms with Gasteiger partial charge in [0.05, 0.1) is 6.10 Å². The third-order valence-electron chi connectivity index (χ3n) is 15.1. The third kappa shape index (κ3) is 7.20. The Morgan fingerprint density at radius 1 is 1.07 bits per heavy atom. The molecule has 0 amide bonds. The average Bonchev–Trinajstić information content (AvgIpc) is 3.14. The Kier molecular flexibility index (Phi) is 12.1. The van der Waals surface area contributed by atoms with Gasteiger partial charge >= 0.3 is 265 Å². The molecule has 1 aromatic rings. The van der Waals surface area contributed by atoms with Gasteiger partial charge in [-0.25, -0.2) is 0 Å². The third-order valence-corrected chi connectivity index (χ3v) is 15.1. The van der Waals surface area contributed by atoms with Crippen molar-refractivity contribution in [3.05, 3.63) is 47.0 Å². The summed E-state index contributed by atoms with van der Waals surface area (Å²) in [6.45, 7) is 15.6. The summed E-state index contributed by atoms with van der Waals surface area (Å²) >= 11 is 0. The summed E-state index contributed by atoms with van der Waals surface area (Å²) in [5, 5.41) is 39.9. The summed E-state index contributed by atoms with van der Waals surface area (Å²) in [4.78, 5) is 47.3. The van der Waals surface area contributed by atoms with E-state index in [1.165, 1.54) is 0 Å². The minimum Gasteiger partial charge on any atom is -0.392 e. The molecule has 4 fully saturated rings. The first kappa shape index (κ1) is 41.8. The van der Waals surface area contributed by atoms with Gasteiger partial charge < -0.3 is 10.0 Å². The molecule has 12 nitrogen and oxygen atoms in total. The zero-order valence-corrected chi connectivity index (χ0v) is 33.8. The molecular formula is C42H62BN3O9. The Balaban J connectivity index is 1.33. The molecule has 6 rings (SSSR count). The van der Waals surface area contributed by atoms with Crippen molar-refractivity contribution in [1.82, 2.24) is 15.1 Å². The number of esters is 2. The van der Waals surface area contributed by atoms with Gasteiger partial charge in [-0.1, -0.05) is 6.92 Å². The fraction of sp³-hybridized carbons (Fsp3) is 0.738. The molecule has 3 saturated carbocycles. The summed E-state index contributed by atoms with van der Waals surface area (Å²) in [6, 6.07) is 8.00. The van der Waals surface area contributed by atoms with E-state index in [-0.39, 0.29) is 36.2 Å². The van der Waals surface area contributed by atoms with Crippen LogP contribution in [0.25, 0.3) is 0 Å². The number of carbonyl (C=O) groups excluding carboxylic acids is 3. The Morgan fingerprint density at radius 3 is 2.36 bits per heavy atom. The van der Waals surface area contributed by atoms with Crippen LogP contribution in [0.1, 0.15) is 91.7 Å². The number of carbonyl (C=O) groups is 3. The Labute approximate surface area is 326 Å². The zero-order chi connectivity index (χ0) is 40.1. The Bertz CT molecular complexity index is 1650. The quantitative estimate of drug-likeness (QED) is 0.140. The molecule has 13 heteroatoms. The smallest absolute Gasteiger partial charge is 0.392 e. The maximum atomic E-state index is 14.6. The number of aliphatic hydroxyl groups excluding tert-OH is 2. The number of fused-ring (bicyclic) bond motifs is 5. The first-order valence-corrected chi connectivity index (χ1v) is 20.3. The molecule has 0 radical (unpaired) electrons. The van der Waals surface area contributed by atoms with Crippen molar-refractivity contribution < 1.29 is 43.9 Å². The Hall–Kier alpha value is -2.81. The number of benzene rings is 1. The second-order valence-corrected chi connectivity index (χ2v) is 18.2. The van der Waals surface area contributed by atoms with E-state index in [0.29, 0.717) is 37.7 Å². The normalized spacial score (nSPS) is 37.2. The van der Waals surface area contributed by atoms with Gasteiger partial charge in [-0.3, -0.25) is 0 Å². The number of nitrogens with zero attached hydrogens (tertiary/aromatic N) is 2. The minimum absolute atomic E-state index is 0.0317. The molecular weight excluding hydrogens is 701 g/mol. The summed E-state index contributed by atoms with van der Waals surface area (Å²) < 4.78 is 23.9. The molecule has 2 bridgehead atoms. The number of likely N-dealkylation sites (N-methyl/N-ethyl adjacent to an activating group) is 1. The van der Waals surface area contributed by atoms with Crippen molar-refractivity contribution >= 4 is 24.9 Å². The molecule has 1 unspecified atom stereocenters. The second-order valence-electron chi connectivity index (χ2n) is 18.2. The molecule has 5 aliphatic rings. The molecule has 55 heavy (non-hydrogen) atoms. The predicted octanol–water partition coefficient (Wildman–Crippen LogP) is 3.04. The number of ether oxygens (including phenoxy) is 2. The van der Waals surface area contributed by atoms with Crippen LogP contribution in [0.5, 0.6) is 0 Å². The van der Waals surface area contributed by atoms with Gasteiger partial charge in [-0.15, -0.1) is 0 Å². The van der Waals surface area contributed by atoms with Gasteiger partial charge in [-0.05, 0) is 39.2 Å². The number of ketones is 1. The number of Topliss-reactive ketones (excluding diaryl/α,β-unsaturated/α-hetero) is 1. The van der Waals surface area contributed by atoms with Gasteiger partial charge in [-0.2, -0.15) is 0 Å². The van der Waals surface area contributed by atoms with Crippen LogP contribution in [-0.4, -0.2) is 126 Å². The van der Waals surface area contributed by atoms with E-state index >= 15 is 0 Å². The predicted molar refractivity (Wildman–Crippen MR) is 206 cm³/mol. The van der Waals surface area contributed by atoms with Crippen molar-refractivity contribution in [3.8, 4) is 0 Å². The van der Waals surface area contributed by atoms with Gasteiger partial charge in [0, 0.05) is 0 Å². The van der Waals surface area contributed by atoms with Crippen LogP contribution >= 0.6 is 0 Å². The van der Waals surface area contributed by atoms with Gasteiger partial charge in [0.25, 0.3) is 0 Å². The first-order valence-electron chi connectivity index (χ1n) is 20.3. The van der Waals surface area contributed by atoms with Gasteiger partial charge in [0.1, 0.15) is 0 Å². The molecule has 1 aliphatic heterocycles.